The van der Waals surface area contributed by atoms with Crippen LogP contribution in [0.5, 0.6) is 0 Å². The molecule has 0 spiro atoms. The van der Waals surface area contributed by atoms with Crippen molar-refractivity contribution in [1.82, 2.24) is 10.3 Å². The third kappa shape index (κ3) is 4.69. The molecule has 1 N–H and O–H groups in total. The Labute approximate surface area is 182 Å². The fourth-order valence-corrected chi connectivity index (χ4v) is 5.39. The second-order valence-electron chi connectivity index (χ2n) is 8.36. The molecule has 6 heteroatoms. The smallest absolute Gasteiger partial charge is 0.251 e. The Kier molecular flexibility index (Phi) is 6.42. The van der Waals surface area contributed by atoms with Crippen LogP contribution < -0.4 is 10.2 Å². The maximum atomic E-state index is 12.6. The first kappa shape index (κ1) is 20.9. The zero-order valence-electron chi connectivity index (χ0n) is 17.7. The number of rotatable bonds is 4. The van der Waals surface area contributed by atoms with Crippen LogP contribution in [0, 0.1) is 13.8 Å². The summed E-state index contributed by atoms with van der Waals surface area (Å²) in [5.41, 5.74) is 4.64. The van der Waals surface area contributed by atoms with Crippen LogP contribution in [0.15, 0.2) is 35.4 Å². The van der Waals surface area contributed by atoms with E-state index in [-0.39, 0.29) is 11.8 Å². The highest BCUT2D eigenvalue weighted by Gasteiger charge is 2.28. The number of carbonyl (C=O) groups excluding carboxylic acids is 2. The molecule has 2 aromatic rings. The van der Waals surface area contributed by atoms with E-state index in [2.05, 4.69) is 10.3 Å². The van der Waals surface area contributed by atoms with Gasteiger partial charge in [0.05, 0.1) is 18.0 Å². The molecule has 5 nitrogen and oxygen atoms in total. The van der Waals surface area contributed by atoms with Gasteiger partial charge in [-0.05, 0) is 56.0 Å². The summed E-state index contributed by atoms with van der Waals surface area (Å²) in [4.78, 5) is 31.7. The Bertz CT molecular complexity index is 934. The number of amides is 2. The number of hydrogen-bond acceptors (Lipinski definition) is 4. The van der Waals surface area contributed by atoms with Gasteiger partial charge in [-0.1, -0.05) is 49.6 Å². The molecule has 1 fully saturated rings. The van der Waals surface area contributed by atoms with E-state index in [1.165, 1.54) is 37.4 Å². The minimum Gasteiger partial charge on any atom is -0.349 e. The topological polar surface area (TPSA) is 62.3 Å². The highest BCUT2D eigenvalue weighted by Crippen LogP contribution is 2.37. The van der Waals surface area contributed by atoms with Crippen LogP contribution in [0.4, 0.5) is 5.69 Å². The molecule has 1 aromatic heterocycles. The van der Waals surface area contributed by atoms with Crippen molar-refractivity contribution in [2.75, 3.05) is 10.7 Å². The molecule has 4 rings (SSSR count). The maximum absolute atomic E-state index is 12.6. The van der Waals surface area contributed by atoms with Gasteiger partial charge < -0.3 is 10.2 Å². The molecule has 0 atom stereocenters. The molecule has 0 saturated heterocycles. The highest BCUT2D eigenvalue weighted by atomic mass is 32.2. The Balaban J connectivity index is 1.46. The van der Waals surface area contributed by atoms with Crippen molar-refractivity contribution in [3.05, 3.63) is 52.7 Å². The van der Waals surface area contributed by atoms with E-state index in [1.54, 1.807) is 0 Å². The molecule has 2 aliphatic rings. The number of benzene rings is 1. The van der Waals surface area contributed by atoms with E-state index in [9.17, 15) is 9.59 Å². The first-order valence-electron chi connectivity index (χ1n) is 10.8. The Hall–Kier alpha value is -2.34. The summed E-state index contributed by atoms with van der Waals surface area (Å²) >= 11 is 1.51. The van der Waals surface area contributed by atoms with E-state index in [4.69, 9.17) is 0 Å². The number of nitrogens with one attached hydrogen (secondary N) is 1. The number of aryl methyl sites for hydroxylation is 2. The lowest BCUT2D eigenvalue weighted by Crippen LogP contribution is -2.36. The molecule has 2 heterocycles. The molecular formula is C24H29N3O2S. The second-order valence-corrected chi connectivity index (χ2v) is 9.33. The molecule has 1 aromatic carbocycles. The third-order valence-electron chi connectivity index (χ3n) is 5.93. The minimum absolute atomic E-state index is 0.000218. The van der Waals surface area contributed by atoms with Crippen LogP contribution in [0.3, 0.4) is 0 Å². The van der Waals surface area contributed by atoms with Crippen molar-refractivity contribution in [2.45, 2.75) is 70.0 Å². The zero-order chi connectivity index (χ0) is 21.1. The van der Waals surface area contributed by atoms with Crippen molar-refractivity contribution >= 4 is 29.3 Å². The molecule has 30 heavy (non-hydrogen) atoms. The van der Waals surface area contributed by atoms with E-state index in [1.807, 2.05) is 49.1 Å². The summed E-state index contributed by atoms with van der Waals surface area (Å²) in [5, 5.41) is 4.12. The van der Waals surface area contributed by atoms with Gasteiger partial charge in [-0.25, -0.2) is 4.98 Å². The van der Waals surface area contributed by atoms with Crippen LogP contribution >= 0.6 is 11.8 Å². The molecule has 2 amide bonds. The molecule has 0 radical (unpaired) electrons. The Morgan fingerprint density at radius 3 is 2.53 bits per heavy atom. The average molecular weight is 424 g/mol. The lowest BCUT2D eigenvalue weighted by Gasteiger charge is -2.30. The predicted molar refractivity (Wildman–Crippen MR) is 121 cm³/mol. The van der Waals surface area contributed by atoms with Crippen LogP contribution in [0.2, 0.25) is 0 Å². The number of fused-ring (bicyclic) bond motifs is 1. The Morgan fingerprint density at radius 1 is 1.13 bits per heavy atom. The van der Waals surface area contributed by atoms with Crippen molar-refractivity contribution in [3.8, 4) is 0 Å². The molecule has 0 unspecified atom stereocenters. The van der Waals surface area contributed by atoms with Gasteiger partial charge in [0.1, 0.15) is 5.03 Å². The van der Waals surface area contributed by atoms with E-state index >= 15 is 0 Å². The first-order chi connectivity index (χ1) is 14.5. The van der Waals surface area contributed by atoms with Gasteiger partial charge in [0.15, 0.2) is 0 Å². The van der Waals surface area contributed by atoms with Crippen molar-refractivity contribution in [3.63, 3.8) is 0 Å². The molecule has 0 bridgehead atoms. The van der Waals surface area contributed by atoms with E-state index in [0.717, 1.165) is 40.4 Å². The second kappa shape index (κ2) is 9.21. The van der Waals surface area contributed by atoms with Gasteiger partial charge in [-0.15, -0.1) is 0 Å². The summed E-state index contributed by atoms with van der Waals surface area (Å²) in [5.74, 6) is 0.501. The quantitative estimate of drug-likeness (QED) is 0.718. The van der Waals surface area contributed by atoms with Gasteiger partial charge in [-0.3, -0.25) is 9.59 Å². The molecular weight excluding hydrogens is 394 g/mol. The van der Waals surface area contributed by atoms with Gasteiger partial charge >= 0.3 is 0 Å². The van der Waals surface area contributed by atoms with Crippen LogP contribution in [-0.4, -0.2) is 28.6 Å². The number of aromatic nitrogens is 1. The molecule has 1 aliphatic carbocycles. The van der Waals surface area contributed by atoms with Gasteiger partial charge in [0.25, 0.3) is 5.91 Å². The first-order valence-corrected chi connectivity index (χ1v) is 11.8. The number of carbonyl (C=O) groups is 2. The Morgan fingerprint density at radius 2 is 1.83 bits per heavy atom. The lowest BCUT2D eigenvalue weighted by atomic mass is 10.1. The standard InChI is InChI=1S/C24H29N3O2S/c1-16-13-17(2)25-24-22(16)27(21(28)15-30-24)14-18-9-11-19(12-10-18)23(29)26-20-7-5-3-4-6-8-20/h9-13,20H,3-8,14-15H2,1-2H3,(H,26,29). The number of thioether (sulfide) groups is 1. The maximum Gasteiger partial charge on any atom is 0.251 e. The van der Waals surface area contributed by atoms with Crippen molar-refractivity contribution in [1.29, 1.82) is 0 Å². The summed E-state index contributed by atoms with van der Waals surface area (Å²) in [6, 6.07) is 9.95. The molecule has 1 saturated carbocycles. The number of nitrogens with zero attached hydrogens (tertiary/aromatic N) is 2. The van der Waals surface area contributed by atoms with Gasteiger partial charge in [-0.2, -0.15) is 0 Å². The van der Waals surface area contributed by atoms with Crippen molar-refractivity contribution in [2.24, 2.45) is 0 Å². The van der Waals surface area contributed by atoms with Crippen molar-refractivity contribution < 1.29 is 9.59 Å². The average Bonchev–Trinajstić information content (AvgIpc) is 2.99. The SMILES string of the molecule is Cc1cc(C)c2c(n1)SCC(=O)N2Cc1ccc(C(=O)NC2CCCCCC2)cc1. The largest absolute Gasteiger partial charge is 0.349 e. The minimum atomic E-state index is -0.000218. The summed E-state index contributed by atoms with van der Waals surface area (Å²) in [7, 11) is 0. The predicted octanol–water partition coefficient (Wildman–Crippen LogP) is 4.79. The summed E-state index contributed by atoms with van der Waals surface area (Å²) in [6.07, 6.45) is 7.08. The monoisotopic (exact) mass is 423 g/mol. The summed E-state index contributed by atoms with van der Waals surface area (Å²) in [6.45, 7) is 4.50. The number of hydrogen-bond donors (Lipinski definition) is 1. The van der Waals surface area contributed by atoms with Gasteiger partial charge in [0, 0.05) is 17.3 Å². The molecule has 158 valence electrons. The number of pyridine rings is 1. The van der Waals surface area contributed by atoms with Crippen LogP contribution in [0.1, 0.15) is 65.7 Å². The van der Waals surface area contributed by atoms with E-state index in [0.29, 0.717) is 23.9 Å². The van der Waals surface area contributed by atoms with E-state index < -0.39 is 0 Å². The van der Waals surface area contributed by atoms with Crippen LogP contribution in [0.25, 0.3) is 0 Å². The number of anilines is 1. The fraction of sp³-hybridized carbons (Fsp3) is 0.458. The van der Waals surface area contributed by atoms with Crippen LogP contribution in [-0.2, 0) is 11.3 Å². The normalized spacial score (nSPS) is 17.4. The summed E-state index contributed by atoms with van der Waals surface area (Å²) < 4.78 is 0. The lowest BCUT2D eigenvalue weighted by molar-refractivity contribution is -0.116. The fourth-order valence-electron chi connectivity index (χ4n) is 4.36. The van der Waals surface area contributed by atoms with Gasteiger partial charge in [0.2, 0.25) is 5.91 Å². The highest BCUT2D eigenvalue weighted by molar-refractivity contribution is 8.00. The molecule has 1 aliphatic heterocycles. The zero-order valence-corrected chi connectivity index (χ0v) is 18.6. The third-order valence-corrected chi connectivity index (χ3v) is 6.88.